The number of rotatable bonds is 5. The molecule has 0 fully saturated rings. The molecule has 2 aromatic carbocycles. The van der Waals surface area contributed by atoms with Crippen molar-refractivity contribution < 1.29 is 4.39 Å². The Labute approximate surface area is 128 Å². The summed E-state index contributed by atoms with van der Waals surface area (Å²) >= 11 is 12.0. The van der Waals surface area contributed by atoms with Crippen molar-refractivity contribution in [3.05, 3.63) is 69.5 Å². The summed E-state index contributed by atoms with van der Waals surface area (Å²) in [5, 5.41) is 4.19. The van der Waals surface area contributed by atoms with Crippen molar-refractivity contribution in [3.63, 3.8) is 0 Å². The summed E-state index contributed by atoms with van der Waals surface area (Å²) in [6.45, 7) is 2.90. The van der Waals surface area contributed by atoms with E-state index in [1.807, 2.05) is 30.3 Å². The second-order valence-electron chi connectivity index (χ2n) is 4.58. The Kier molecular flexibility index (Phi) is 5.41. The zero-order chi connectivity index (χ0) is 14.5. The lowest BCUT2D eigenvalue weighted by Gasteiger charge is -2.21. The molecular weight excluding hydrogens is 296 g/mol. The smallest absolute Gasteiger partial charge is 0.142 e. The van der Waals surface area contributed by atoms with E-state index in [1.165, 1.54) is 6.07 Å². The highest BCUT2D eigenvalue weighted by Gasteiger charge is 2.17. The van der Waals surface area contributed by atoms with Crippen molar-refractivity contribution in [1.82, 2.24) is 5.32 Å². The molecule has 0 aliphatic carbocycles. The summed E-state index contributed by atoms with van der Waals surface area (Å²) in [4.78, 5) is 0. The van der Waals surface area contributed by atoms with E-state index in [9.17, 15) is 4.39 Å². The second-order valence-corrected chi connectivity index (χ2v) is 5.40. The van der Waals surface area contributed by atoms with Crippen molar-refractivity contribution in [2.75, 3.05) is 6.54 Å². The first-order valence-corrected chi connectivity index (χ1v) is 7.31. The van der Waals surface area contributed by atoms with Gasteiger partial charge >= 0.3 is 0 Å². The standard InChI is InChI=1S/C16H16Cl2FN/c1-2-9-20-16(12-5-3-4-6-13(12)17)11-7-8-14(18)15(19)10-11/h3-8,10,16,20H,2,9H2,1H3. The van der Waals surface area contributed by atoms with Gasteiger partial charge in [0, 0.05) is 5.02 Å². The third-order valence-electron chi connectivity index (χ3n) is 3.09. The lowest BCUT2D eigenvalue weighted by atomic mass is 9.98. The van der Waals surface area contributed by atoms with Crippen LogP contribution >= 0.6 is 23.2 Å². The van der Waals surface area contributed by atoms with Gasteiger partial charge in [-0.3, -0.25) is 0 Å². The summed E-state index contributed by atoms with van der Waals surface area (Å²) < 4.78 is 13.7. The number of halogens is 3. The van der Waals surface area contributed by atoms with Crippen molar-refractivity contribution in [3.8, 4) is 0 Å². The summed E-state index contributed by atoms with van der Waals surface area (Å²) in [5.74, 6) is -0.417. The van der Waals surface area contributed by atoms with E-state index in [2.05, 4.69) is 12.2 Å². The number of hydrogen-bond donors (Lipinski definition) is 1. The van der Waals surface area contributed by atoms with Crippen LogP contribution in [0.15, 0.2) is 42.5 Å². The first-order chi connectivity index (χ1) is 9.63. The summed E-state index contributed by atoms with van der Waals surface area (Å²) in [7, 11) is 0. The van der Waals surface area contributed by atoms with E-state index >= 15 is 0 Å². The number of benzene rings is 2. The zero-order valence-electron chi connectivity index (χ0n) is 11.2. The van der Waals surface area contributed by atoms with Gasteiger partial charge in [0.25, 0.3) is 0 Å². The van der Waals surface area contributed by atoms with Crippen molar-refractivity contribution in [1.29, 1.82) is 0 Å². The van der Waals surface area contributed by atoms with Crippen LogP contribution in [0.4, 0.5) is 4.39 Å². The van der Waals surface area contributed by atoms with Crippen LogP contribution in [-0.4, -0.2) is 6.54 Å². The van der Waals surface area contributed by atoms with E-state index in [-0.39, 0.29) is 11.1 Å². The molecule has 0 aliphatic heterocycles. The molecule has 0 amide bonds. The van der Waals surface area contributed by atoms with Crippen LogP contribution in [0.1, 0.15) is 30.5 Å². The van der Waals surface area contributed by atoms with Gasteiger partial charge in [-0.1, -0.05) is 54.4 Å². The fourth-order valence-corrected chi connectivity index (χ4v) is 2.46. The SMILES string of the molecule is CCCNC(c1ccc(Cl)c(F)c1)c1ccccc1Cl. The lowest BCUT2D eigenvalue weighted by Crippen LogP contribution is -2.23. The van der Waals surface area contributed by atoms with Crippen molar-refractivity contribution in [2.45, 2.75) is 19.4 Å². The van der Waals surface area contributed by atoms with E-state index < -0.39 is 5.82 Å². The molecule has 1 atom stereocenters. The Morgan fingerprint density at radius 2 is 1.85 bits per heavy atom. The Bertz CT molecular complexity index is 586. The first kappa shape index (κ1) is 15.3. The Morgan fingerprint density at radius 1 is 1.10 bits per heavy atom. The summed E-state index contributed by atoms with van der Waals surface area (Å²) in [5.41, 5.74) is 1.75. The third-order valence-corrected chi connectivity index (χ3v) is 3.74. The van der Waals surface area contributed by atoms with Crippen LogP contribution in [0.2, 0.25) is 10.0 Å². The van der Waals surface area contributed by atoms with Gasteiger partial charge in [0.05, 0.1) is 11.1 Å². The van der Waals surface area contributed by atoms with Gasteiger partial charge in [0.1, 0.15) is 5.82 Å². The molecule has 106 valence electrons. The van der Waals surface area contributed by atoms with Gasteiger partial charge in [-0.15, -0.1) is 0 Å². The highest BCUT2D eigenvalue weighted by molar-refractivity contribution is 6.31. The highest BCUT2D eigenvalue weighted by Crippen LogP contribution is 2.29. The molecule has 2 rings (SSSR count). The topological polar surface area (TPSA) is 12.0 Å². The maximum Gasteiger partial charge on any atom is 0.142 e. The number of nitrogens with one attached hydrogen (secondary N) is 1. The third kappa shape index (κ3) is 3.51. The maximum absolute atomic E-state index is 13.7. The van der Waals surface area contributed by atoms with Crippen LogP contribution in [0.5, 0.6) is 0 Å². The summed E-state index contributed by atoms with van der Waals surface area (Å²) in [6, 6.07) is 12.3. The van der Waals surface area contributed by atoms with Crippen LogP contribution in [0.3, 0.4) is 0 Å². The molecule has 1 N–H and O–H groups in total. The molecule has 20 heavy (non-hydrogen) atoms. The van der Waals surface area contributed by atoms with Gasteiger partial charge in [-0.25, -0.2) is 4.39 Å². The predicted octanol–water partition coefficient (Wildman–Crippen LogP) is 5.22. The minimum Gasteiger partial charge on any atom is -0.306 e. The quantitative estimate of drug-likeness (QED) is 0.798. The molecule has 0 heterocycles. The van der Waals surface area contributed by atoms with E-state index in [0.717, 1.165) is 24.1 Å². The molecule has 0 aromatic heterocycles. The molecule has 0 saturated heterocycles. The minimum atomic E-state index is -0.417. The molecule has 1 unspecified atom stereocenters. The average Bonchev–Trinajstić information content (AvgIpc) is 2.44. The van der Waals surface area contributed by atoms with Gasteiger partial charge < -0.3 is 5.32 Å². The zero-order valence-corrected chi connectivity index (χ0v) is 12.7. The van der Waals surface area contributed by atoms with Gasteiger partial charge in [0.2, 0.25) is 0 Å². The molecular formula is C16H16Cl2FN. The molecule has 0 spiro atoms. The lowest BCUT2D eigenvalue weighted by molar-refractivity contribution is 0.586. The Morgan fingerprint density at radius 3 is 2.50 bits per heavy atom. The molecule has 0 bridgehead atoms. The second kappa shape index (κ2) is 7.07. The normalized spacial score (nSPS) is 12.4. The van der Waals surface area contributed by atoms with Crippen LogP contribution in [0.25, 0.3) is 0 Å². The van der Waals surface area contributed by atoms with Crippen molar-refractivity contribution in [2.24, 2.45) is 0 Å². The fourth-order valence-electron chi connectivity index (χ4n) is 2.10. The molecule has 2 aromatic rings. The minimum absolute atomic E-state index is 0.127. The predicted molar refractivity (Wildman–Crippen MR) is 83.0 cm³/mol. The molecule has 4 heteroatoms. The molecule has 0 radical (unpaired) electrons. The van der Waals surface area contributed by atoms with E-state index in [4.69, 9.17) is 23.2 Å². The maximum atomic E-state index is 13.7. The summed E-state index contributed by atoms with van der Waals surface area (Å²) in [6.07, 6.45) is 0.983. The molecule has 0 aliphatic rings. The van der Waals surface area contributed by atoms with Gasteiger partial charge in [0.15, 0.2) is 0 Å². The van der Waals surface area contributed by atoms with Crippen LogP contribution in [-0.2, 0) is 0 Å². The Balaban J connectivity index is 2.41. The van der Waals surface area contributed by atoms with E-state index in [1.54, 1.807) is 6.07 Å². The fraction of sp³-hybridized carbons (Fsp3) is 0.250. The first-order valence-electron chi connectivity index (χ1n) is 6.56. The van der Waals surface area contributed by atoms with E-state index in [0.29, 0.717) is 5.02 Å². The average molecular weight is 312 g/mol. The van der Waals surface area contributed by atoms with Gasteiger partial charge in [-0.05, 0) is 42.3 Å². The van der Waals surface area contributed by atoms with Crippen LogP contribution in [0, 0.1) is 5.82 Å². The monoisotopic (exact) mass is 311 g/mol. The van der Waals surface area contributed by atoms with Gasteiger partial charge in [-0.2, -0.15) is 0 Å². The Hall–Kier alpha value is -1.09. The largest absolute Gasteiger partial charge is 0.306 e. The highest BCUT2D eigenvalue weighted by atomic mass is 35.5. The van der Waals surface area contributed by atoms with Crippen LogP contribution < -0.4 is 5.32 Å². The number of hydrogen-bond acceptors (Lipinski definition) is 1. The van der Waals surface area contributed by atoms with Crippen molar-refractivity contribution >= 4 is 23.2 Å². The molecule has 1 nitrogen and oxygen atoms in total. The molecule has 0 saturated carbocycles.